The van der Waals surface area contributed by atoms with Crippen LogP contribution >= 0.6 is 33.3 Å². The molecule has 3 N–H and O–H groups in total. The number of nitrogens with one attached hydrogen (secondary N) is 3. The molecule has 25 heavy (non-hydrogen) atoms. The zero-order valence-electron chi connectivity index (χ0n) is 14.0. The summed E-state index contributed by atoms with van der Waals surface area (Å²) in [5, 5.41) is 12.8. The van der Waals surface area contributed by atoms with Crippen LogP contribution in [-0.2, 0) is 4.79 Å². The number of unbranched alkanes of at least 4 members (excludes halogenated alkanes) is 1. The van der Waals surface area contributed by atoms with Crippen LogP contribution in [0.25, 0.3) is 10.4 Å². The molecule has 0 aromatic heterocycles. The molecule has 0 aliphatic carbocycles. The third-order valence-electron chi connectivity index (χ3n) is 4.01. The predicted molar refractivity (Wildman–Crippen MR) is 106 cm³/mol. The summed E-state index contributed by atoms with van der Waals surface area (Å²) >= 11 is 1.91. The van der Waals surface area contributed by atoms with E-state index in [-0.39, 0.29) is 24.0 Å². The van der Waals surface area contributed by atoms with Gasteiger partial charge in [0.2, 0.25) is 5.91 Å². The Balaban J connectivity index is 1.42. The molecule has 0 saturated carbocycles. The SMILES string of the molecule is [N-]=[N+]=NCCSSCCNC(=O)CCCCC1SCC2NC(=O)NC21. The Labute approximate surface area is 159 Å². The highest BCUT2D eigenvalue weighted by atomic mass is 33.1. The van der Waals surface area contributed by atoms with Gasteiger partial charge in [0, 0.05) is 46.9 Å². The molecule has 2 rings (SSSR count). The van der Waals surface area contributed by atoms with E-state index in [0.717, 1.165) is 36.5 Å². The second-order valence-corrected chi connectivity index (χ2v) is 9.79. The lowest BCUT2D eigenvalue weighted by atomic mass is 10.0. The largest absolute Gasteiger partial charge is 0.355 e. The number of nitrogens with zero attached hydrogens (tertiary/aromatic N) is 3. The zero-order chi connectivity index (χ0) is 17.9. The van der Waals surface area contributed by atoms with E-state index in [4.69, 9.17) is 5.53 Å². The van der Waals surface area contributed by atoms with E-state index in [9.17, 15) is 9.59 Å². The lowest BCUT2D eigenvalue weighted by Gasteiger charge is -2.16. The summed E-state index contributed by atoms with van der Waals surface area (Å²) < 4.78 is 0. The molecule has 2 saturated heterocycles. The van der Waals surface area contributed by atoms with E-state index < -0.39 is 0 Å². The van der Waals surface area contributed by atoms with Gasteiger partial charge in [0.05, 0.1) is 12.1 Å². The Bertz CT molecular complexity index is 503. The van der Waals surface area contributed by atoms with Gasteiger partial charge >= 0.3 is 6.03 Å². The van der Waals surface area contributed by atoms with E-state index in [1.165, 1.54) is 0 Å². The molecule has 11 heteroatoms. The van der Waals surface area contributed by atoms with Gasteiger partial charge in [-0.25, -0.2) is 4.79 Å². The van der Waals surface area contributed by atoms with Gasteiger partial charge in [-0.2, -0.15) is 11.8 Å². The Kier molecular flexibility index (Phi) is 9.52. The number of hydrogen-bond acceptors (Lipinski definition) is 6. The zero-order valence-corrected chi connectivity index (χ0v) is 16.4. The van der Waals surface area contributed by atoms with Crippen molar-refractivity contribution in [2.24, 2.45) is 5.11 Å². The summed E-state index contributed by atoms with van der Waals surface area (Å²) in [7, 11) is 3.33. The van der Waals surface area contributed by atoms with E-state index in [0.29, 0.717) is 24.8 Å². The summed E-state index contributed by atoms with van der Waals surface area (Å²) in [5.74, 6) is 2.72. The second kappa shape index (κ2) is 11.7. The molecule has 0 radical (unpaired) electrons. The van der Waals surface area contributed by atoms with Crippen LogP contribution in [0.5, 0.6) is 0 Å². The number of amides is 3. The van der Waals surface area contributed by atoms with Gasteiger partial charge in [0.15, 0.2) is 0 Å². The first-order valence-electron chi connectivity index (χ1n) is 8.41. The van der Waals surface area contributed by atoms with Crippen molar-refractivity contribution < 1.29 is 9.59 Å². The van der Waals surface area contributed by atoms with E-state index in [2.05, 4.69) is 26.0 Å². The summed E-state index contributed by atoms with van der Waals surface area (Å²) in [6, 6.07) is 0.473. The number of carbonyl (C=O) groups is 2. The summed E-state index contributed by atoms with van der Waals surface area (Å²) in [6.45, 7) is 1.17. The van der Waals surface area contributed by atoms with Crippen molar-refractivity contribution in [2.75, 3.05) is 30.3 Å². The lowest BCUT2D eigenvalue weighted by Crippen LogP contribution is -2.36. The molecular formula is C14H24N6O2S3. The van der Waals surface area contributed by atoms with Gasteiger partial charge in [-0.15, -0.1) is 0 Å². The highest BCUT2D eigenvalue weighted by Gasteiger charge is 2.42. The molecule has 140 valence electrons. The van der Waals surface area contributed by atoms with Gasteiger partial charge in [-0.05, 0) is 18.4 Å². The number of rotatable bonds is 12. The summed E-state index contributed by atoms with van der Waals surface area (Å²) in [5.41, 5.74) is 8.14. The quantitative estimate of drug-likeness (QED) is 0.115. The Morgan fingerprint density at radius 1 is 1.36 bits per heavy atom. The van der Waals surface area contributed by atoms with Crippen molar-refractivity contribution in [3.05, 3.63) is 10.4 Å². The smallest absolute Gasteiger partial charge is 0.315 e. The van der Waals surface area contributed by atoms with Gasteiger partial charge in [-0.3, -0.25) is 4.79 Å². The van der Waals surface area contributed by atoms with E-state index in [1.807, 2.05) is 11.8 Å². The Hall–Kier alpha value is -0.900. The van der Waals surface area contributed by atoms with Gasteiger partial charge in [0.1, 0.15) is 0 Å². The van der Waals surface area contributed by atoms with Crippen LogP contribution in [0.1, 0.15) is 25.7 Å². The molecule has 0 aromatic rings. The predicted octanol–water partition coefficient (Wildman–Crippen LogP) is 2.52. The van der Waals surface area contributed by atoms with Crippen LogP contribution in [0.4, 0.5) is 4.79 Å². The first-order valence-corrected chi connectivity index (χ1v) is 11.9. The molecule has 0 spiro atoms. The van der Waals surface area contributed by atoms with Crippen molar-refractivity contribution in [1.82, 2.24) is 16.0 Å². The van der Waals surface area contributed by atoms with Crippen LogP contribution in [0.2, 0.25) is 0 Å². The number of hydrogen-bond donors (Lipinski definition) is 3. The number of azide groups is 1. The molecule has 0 bridgehead atoms. The molecule has 2 fully saturated rings. The normalized spacial score (nSPS) is 24.2. The highest BCUT2D eigenvalue weighted by Crippen LogP contribution is 2.33. The minimum atomic E-state index is -0.0477. The van der Waals surface area contributed by atoms with Crippen molar-refractivity contribution in [3.63, 3.8) is 0 Å². The standard InChI is InChI=1S/C14H24N6O2S3/c15-20-17-6-8-25-24-7-5-16-12(21)4-2-1-3-11-13-10(9-23-11)18-14(22)19-13/h10-11,13H,1-9H2,(H,16,21)(H2,18,19,22). The monoisotopic (exact) mass is 404 g/mol. The van der Waals surface area contributed by atoms with Crippen molar-refractivity contribution in [2.45, 2.75) is 43.0 Å². The lowest BCUT2D eigenvalue weighted by molar-refractivity contribution is -0.121. The number of urea groups is 1. The maximum atomic E-state index is 11.8. The van der Waals surface area contributed by atoms with Crippen molar-refractivity contribution in [3.8, 4) is 0 Å². The molecule has 3 amide bonds. The first-order chi connectivity index (χ1) is 12.2. The number of fused-ring (bicyclic) bond motifs is 1. The number of carbonyl (C=O) groups excluding carboxylic acids is 2. The molecule has 2 aliphatic rings. The van der Waals surface area contributed by atoms with Gasteiger partial charge < -0.3 is 16.0 Å². The van der Waals surface area contributed by atoms with Gasteiger partial charge in [-0.1, -0.05) is 33.1 Å². The average Bonchev–Trinajstić information content (AvgIpc) is 3.13. The maximum absolute atomic E-state index is 11.8. The third-order valence-corrected chi connectivity index (χ3v) is 7.90. The minimum Gasteiger partial charge on any atom is -0.355 e. The van der Waals surface area contributed by atoms with Crippen LogP contribution in [0, 0.1) is 0 Å². The third kappa shape index (κ3) is 7.47. The summed E-state index contributed by atoms with van der Waals surface area (Å²) in [4.78, 5) is 25.8. The number of thioether (sulfide) groups is 1. The fourth-order valence-corrected chi connectivity index (χ4v) is 6.14. The molecule has 3 atom stereocenters. The van der Waals surface area contributed by atoms with E-state index >= 15 is 0 Å². The Morgan fingerprint density at radius 2 is 2.20 bits per heavy atom. The van der Waals surface area contributed by atoms with Crippen LogP contribution < -0.4 is 16.0 Å². The fourth-order valence-electron chi connectivity index (χ4n) is 2.84. The van der Waals surface area contributed by atoms with Crippen molar-refractivity contribution >= 4 is 45.3 Å². The molecular weight excluding hydrogens is 380 g/mol. The minimum absolute atomic E-state index is 0.0477. The van der Waals surface area contributed by atoms with Crippen LogP contribution in [0.3, 0.4) is 0 Å². The molecule has 2 heterocycles. The molecule has 2 aliphatic heterocycles. The first kappa shape index (κ1) is 20.4. The highest BCUT2D eigenvalue weighted by molar-refractivity contribution is 8.76. The Morgan fingerprint density at radius 3 is 3.04 bits per heavy atom. The van der Waals surface area contributed by atoms with Gasteiger partial charge in [0.25, 0.3) is 0 Å². The maximum Gasteiger partial charge on any atom is 0.315 e. The second-order valence-electron chi connectivity index (χ2n) is 5.82. The van der Waals surface area contributed by atoms with Crippen molar-refractivity contribution in [1.29, 1.82) is 0 Å². The average molecular weight is 405 g/mol. The van der Waals surface area contributed by atoms with Crippen LogP contribution in [0.15, 0.2) is 5.11 Å². The molecule has 3 unspecified atom stereocenters. The topological polar surface area (TPSA) is 119 Å². The fraction of sp³-hybridized carbons (Fsp3) is 0.857. The summed E-state index contributed by atoms with van der Waals surface area (Å²) in [6.07, 6.45) is 3.49. The molecule has 8 nitrogen and oxygen atoms in total. The van der Waals surface area contributed by atoms with Crippen LogP contribution in [-0.4, -0.2) is 59.6 Å². The van der Waals surface area contributed by atoms with E-state index in [1.54, 1.807) is 21.6 Å². The molecule has 0 aromatic carbocycles.